The second-order valence-corrected chi connectivity index (χ2v) is 8.82. The van der Waals surface area contributed by atoms with Crippen LogP contribution in [0.5, 0.6) is 0 Å². The molecular weight excluding hydrogens is 384 g/mol. The number of hydrogen-bond donors (Lipinski definition) is 3. The van der Waals surface area contributed by atoms with E-state index in [0.29, 0.717) is 0 Å². The first-order valence-electron chi connectivity index (χ1n) is 9.91. The topological polar surface area (TPSA) is 69.9 Å². The Morgan fingerprint density at radius 3 is 2.59 bits per heavy atom. The lowest BCUT2D eigenvalue weighted by Gasteiger charge is -2.37. The monoisotopic (exact) mass is 410 g/mol. The number of hydrogen-bond acceptors (Lipinski definition) is 5. The highest BCUT2D eigenvalue weighted by Crippen LogP contribution is 2.34. The lowest BCUT2D eigenvalue weighted by Crippen LogP contribution is -2.44. The molecule has 1 aromatic heterocycles. The summed E-state index contributed by atoms with van der Waals surface area (Å²) in [5.74, 6) is 0. The third kappa shape index (κ3) is 4.44. The lowest BCUT2D eigenvalue weighted by molar-refractivity contribution is -0.179. The minimum atomic E-state index is -1.00. The summed E-state index contributed by atoms with van der Waals surface area (Å²) in [5.41, 5.74) is 4.39. The van der Waals surface area contributed by atoms with Gasteiger partial charge in [-0.25, -0.2) is 0 Å². The first kappa shape index (κ1) is 20.3. The van der Waals surface area contributed by atoms with E-state index in [1.165, 1.54) is 26.4 Å². The number of aliphatic hydroxyl groups excluding tert-OH is 3. The van der Waals surface area contributed by atoms with Gasteiger partial charge in [0.1, 0.15) is 12.2 Å². The summed E-state index contributed by atoms with van der Waals surface area (Å²) >= 11 is 1.78. The highest BCUT2D eigenvalue weighted by atomic mass is 32.1. The van der Waals surface area contributed by atoms with Crippen LogP contribution in [0.3, 0.4) is 0 Å². The molecule has 2 unspecified atom stereocenters. The van der Waals surface area contributed by atoms with Crippen molar-refractivity contribution in [2.75, 3.05) is 6.61 Å². The SMILES string of the molecule is Cc1ccc([C@@H]2OC(CO)CC(O)[C@H]2O)cc1Cc1ccc(-c2ccccc2)s1. The maximum Gasteiger partial charge on any atom is 0.111 e. The fourth-order valence-corrected chi connectivity index (χ4v) is 4.86. The van der Waals surface area contributed by atoms with Gasteiger partial charge in [0.2, 0.25) is 0 Å². The number of aryl methyl sites for hydroxylation is 1. The summed E-state index contributed by atoms with van der Waals surface area (Å²) in [7, 11) is 0. The van der Waals surface area contributed by atoms with Crippen molar-refractivity contribution in [2.45, 2.75) is 44.2 Å². The molecule has 2 heterocycles. The van der Waals surface area contributed by atoms with Crippen molar-refractivity contribution in [3.8, 4) is 10.4 Å². The van der Waals surface area contributed by atoms with Crippen LogP contribution in [-0.2, 0) is 11.2 Å². The Bertz CT molecular complexity index is 953. The number of rotatable bonds is 5. The minimum absolute atomic E-state index is 0.170. The first-order valence-corrected chi connectivity index (χ1v) is 10.7. The van der Waals surface area contributed by atoms with Crippen LogP contribution < -0.4 is 0 Å². The number of ether oxygens (including phenoxy) is 1. The van der Waals surface area contributed by atoms with Crippen LogP contribution in [-0.4, -0.2) is 40.2 Å². The van der Waals surface area contributed by atoms with Crippen LogP contribution >= 0.6 is 11.3 Å². The predicted octanol–water partition coefficient (Wildman–Crippen LogP) is 3.86. The van der Waals surface area contributed by atoms with Gasteiger partial charge < -0.3 is 20.1 Å². The molecule has 0 radical (unpaired) electrons. The zero-order valence-electron chi connectivity index (χ0n) is 16.4. The van der Waals surface area contributed by atoms with Crippen LogP contribution in [0.2, 0.25) is 0 Å². The highest BCUT2D eigenvalue weighted by molar-refractivity contribution is 7.15. The standard InChI is InChI=1S/C24H26O4S/c1-15-7-8-17(24-23(27)21(26)13-19(14-25)28-24)11-18(15)12-20-9-10-22(29-20)16-5-3-2-4-6-16/h2-11,19,21,23-27H,12-14H2,1H3/t19?,21?,23-,24+/m1/s1. The Morgan fingerprint density at radius 1 is 1.03 bits per heavy atom. The van der Waals surface area contributed by atoms with Crippen LogP contribution in [0.4, 0.5) is 0 Å². The van der Waals surface area contributed by atoms with E-state index in [-0.39, 0.29) is 13.0 Å². The van der Waals surface area contributed by atoms with Gasteiger partial charge in [-0.1, -0.05) is 48.5 Å². The smallest absolute Gasteiger partial charge is 0.111 e. The summed E-state index contributed by atoms with van der Waals surface area (Å²) in [6.07, 6.45) is -1.97. The molecule has 3 N–H and O–H groups in total. The lowest BCUT2D eigenvalue weighted by atomic mass is 9.91. The zero-order valence-corrected chi connectivity index (χ0v) is 17.2. The van der Waals surface area contributed by atoms with Gasteiger partial charge in [0.25, 0.3) is 0 Å². The second kappa shape index (κ2) is 8.78. The largest absolute Gasteiger partial charge is 0.394 e. The molecule has 4 atom stereocenters. The van der Waals surface area contributed by atoms with Crippen molar-refractivity contribution in [2.24, 2.45) is 0 Å². The second-order valence-electron chi connectivity index (χ2n) is 7.65. The van der Waals surface area contributed by atoms with Crippen molar-refractivity contribution >= 4 is 11.3 Å². The van der Waals surface area contributed by atoms with Gasteiger partial charge in [0.15, 0.2) is 0 Å². The van der Waals surface area contributed by atoms with E-state index in [1.807, 2.05) is 30.3 Å². The Balaban J connectivity index is 1.57. The van der Waals surface area contributed by atoms with Crippen molar-refractivity contribution < 1.29 is 20.1 Å². The molecule has 29 heavy (non-hydrogen) atoms. The van der Waals surface area contributed by atoms with Crippen LogP contribution in [0, 0.1) is 6.92 Å². The molecule has 1 saturated heterocycles. The van der Waals surface area contributed by atoms with Crippen molar-refractivity contribution in [1.82, 2.24) is 0 Å². The van der Waals surface area contributed by atoms with Gasteiger partial charge in [0, 0.05) is 22.6 Å². The van der Waals surface area contributed by atoms with Crippen molar-refractivity contribution in [3.05, 3.63) is 82.2 Å². The van der Waals surface area contributed by atoms with E-state index in [4.69, 9.17) is 4.74 Å². The highest BCUT2D eigenvalue weighted by Gasteiger charge is 2.37. The molecule has 0 saturated carbocycles. The van der Waals surface area contributed by atoms with E-state index in [9.17, 15) is 15.3 Å². The molecular formula is C24H26O4S. The predicted molar refractivity (Wildman–Crippen MR) is 115 cm³/mol. The fraction of sp³-hybridized carbons (Fsp3) is 0.333. The van der Waals surface area contributed by atoms with Gasteiger partial charge in [-0.3, -0.25) is 0 Å². The number of aliphatic hydroxyl groups is 3. The van der Waals surface area contributed by atoms with Gasteiger partial charge in [-0.05, 0) is 41.3 Å². The van der Waals surface area contributed by atoms with Crippen LogP contribution in [0.15, 0.2) is 60.7 Å². The number of thiophene rings is 1. The number of benzene rings is 2. The minimum Gasteiger partial charge on any atom is -0.394 e. The molecule has 4 nitrogen and oxygen atoms in total. The van der Waals surface area contributed by atoms with Gasteiger partial charge in [0.05, 0.1) is 18.8 Å². The average Bonchev–Trinajstić information content (AvgIpc) is 3.21. The van der Waals surface area contributed by atoms with Gasteiger partial charge >= 0.3 is 0 Å². The average molecular weight is 411 g/mol. The Hall–Kier alpha value is -2.02. The third-order valence-corrected chi connectivity index (χ3v) is 6.67. The first-order chi connectivity index (χ1) is 14.0. The summed E-state index contributed by atoms with van der Waals surface area (Å²) in [5, 5.41) is 30.0. The molecule has 152 valence electrons. The molecule has 5 heteroatoms. The quantitative estimate of drug-likeness (QED) is 0.597. The maximum absolute atomic E-state index is 10.4. The Labute approximate surface area is 175 Å². The fourth-order valence-electron chi connectivity index (χ4n) is 3.82. The molecule has 0 aliphatic carbocycles. The summed E-state index contributed by atoms with van der Waals surface area (Å²) in [6, 6.07) is 20.7. The molecule has 0 bridgehead atoms. The normalized spacial score (nSPS) is 24.6. The third-order valence-electron chi connectivity index (χ3n) is 5.54. The van der Waals surface area contributed by atoms with Crippen LogP contribution in [0.1, 0.15) is 34.1 Å². The molecule has 1 fully saturated rings. The summed E-state index contributed by atoms with van der Waals surface area (Å²) in [6.45, 7) is 1.91. The van der Waals surface area contributed by atoms with E-state index in [2.05, 4.69) is 37.3 Å². The van der Waals surface area contributed by atoms with E-state index >= 15 is 0 Å². The van der Waals surface area contributed by atoms with E-state index < -0.39 is 24.4 Å². The van der Waals surface area contributed by atoms with E-state index in [1.54, 1.807) is 11.3 Å². The molecule has 2 aromatic carbocycles. The van der Waals surface area contributed by atoms with Gasteiger partial charge in [-0.2, -0.15) is 0 Å². The Morgan fingerprint density at radius 2 is 1.83 bits per heavy atom. The molecule has 1 aliphatic heterocycles. The van der Waals surface area contributed by atoms with Crippen molar-refractivity contribution in [3.63, 3.8) is 0 Å². The van der Waals surface area contributed by atoms with E-state index in [0.717, 1.165) is 12.0 Å². The van der Waals surface area contributed by atoms with Gasteiger partial charge in [-0.15, -0.1) is 11.3 Å². The maximum atomic E-state index is 10.4. The zero-order chi connectivity index (χ0) is 20.4. The summed E-state index contributed by atoms with van der Waals surface area (Å²) < 4.78 is 5.85. The summed E-state index contributed by atoms with van der Waals surface area (Å²) in [4.78, 5) is 2.51. The Kier molecular flexibility index (Phi) is 6.13. The molecule has 0 amide bonds. The molecule has 0 spiro atoms. The molecule has 4 rings (SSSR count). The van der Waals surface area contributed by atoms with Crippen molar-refractivity contribution in [1.29, 1.82) is 0 Å². The molecule has 3 aromatic rings. The van der Waals surface area contributed by atoms with Crippen LogP contribution in [0.25, 0.3) is 10.4 Å². The molecule has 1 aliphatic rings.